The Kier molecular flexibility index (Phi) is 4.58. The van der Waals surface area contributed by atoms with E-state index in [1.54, 1.807) is 0 Å². The molecule has 0 amide bonds. The Morgan fingerprint density at radius 1 is 1.26 bits per heavy atom. The van der Waals surface area contributed by atoms with Crippen LogP contribution in [-0.2, 0) is 5.41 Å². The molecular formula is C16H24N2S. The Morgan fingerprint density at radius 2 is 2.00 bits per heavy atom. The molecule has 1 atom stereocenters. The maximum absolute atomic E-state index is 5.46. The molecule has 1 aliphatic heterocycles. The minimum atomic E-state index is 0.234. The summed E-state index contributed by atoms with van der Waals surface area (Å²) in [6.07, 6.45) is 3.60. The summed E-state index contributed by atoms with van der Waals surface area (Å²) in [6, 6.07) is 8.66. The van der Waals surface area contributed by atoms with Gasteiger partial charge < -0.3 is 10.2 Å². The first-order valence-electron chi connectivity index (χ1n) is 7.11. The molecule has 0 saturated carbocycles. The van der Waals surface area contributed by atoms with E-state index in [1.807, 2.05) is 0 Å². The Balaban J connectivity index is 2.38. The second-order valence-electron chi connectivity index (χ2n) is 5.81. The number of benzene rings is 1. The van der Waals surface area contributed by atoms with Crippen molar-refractivity contribution in [1.29, 1.82) is 0 Å². The van der Waals surface area contributed by atoms with E-state index >= 15 is 0 Å². The maximum atomic E-state index is 5.46. The SMILES string of the molecule is CCCC1(CCN(C)C)CNC(=S)c2ccccc21. The molecule has 0 fully saturated rings. The van der Waals surface area contributed by atoms with Crippen LogP contribution in [0.15, 0.2) is 24.3 Å². The van der Waals surface area contributed by atoms with Crippen molar-refractivity contribution in [1.82, 2.24) is 10.2 Å². The van der Waals surface area contributed by atoms with E-state index < -0.39 is 0 Å². The minimum Gasteiger partial charge on any atom is -0.375 e. The molecule has 1 aromatic rings. The molecule has 19 heavy (non-hydrogen) atoms. The highest BCUT2D eigenvalue weighted by Crippen LogP contribution is 2.37. The van der Waals surface area contributed by atoms with Crippen LogP contribution in [0.25, 0.3) is 0 Å². The molecule has 0 spiro atoms. The quantitative estimate of drug-likeness (QED) is 0.833. The average Bonchev–Trinajstić information content (AvgIpc) is 2.41. The van der Waals surface area contributed by atoms with Crippen molar-refractivity contribution in [3.8, 4) is 0 Å². The number of fused-ring (bicyclic) bond motifs is 1. The molecule has 0 aliphatic carbocycles. The third-order valence-corrected chi connectivity index (χ3v) is 4.46. The fraction of sp³-hybridized carbons (Fsp3) is 0.562. The fourth-order valence-corrected chi connectivity index (χ4v) is 3.32. The standard InChI is InChI=1S/C16H24N2S/c1-4-9-16(10-11-18(2)3)12-17-15(19)13-7-5-6-8-14(13)16/h5-8H,4,9-12H2,1-3H3,(H,17,19). The van der Waals surface area contributed by atoms with Crippen LogP contribution in [0.4, 0.5) is 0 Å². The van der Waals surface area contributed by atoms with E-state index in [0.29, 0.717) is 0 Å². The predicted molar refractivity (Wildman–Crippen MR) is 85.9 cm³/mol. The van der Waals surface area contributed by atoms with E-state index in [2.05, 4.69) is 55.5 Å². The highest BCUT2D eigenvalue weighted by molar-refractivity contribution is 7.80. The Hall–Kier alpha value is -0.930. The van der Waals surface area contributed by atoms with Crippen molar-refractivity contribution in [2.75, 3.05) is 27.2 Å². The van der Waals surface area contributed by atoms with Crippen molar-refractivity contribution in [2.45, 2.75) is 31.6 Å². The molecule has 104 valence electrons. The number of thiocarbonyl (C=S) groups is 1. The third-order valence-electron chi connectivity index (χ3n) is 4.10. The number of rotatable bonds is 5. The Labute approximate surface area is 122 Å². The molecule has 3 heteroatoms. The van der Waals surface area contributed by atoms with Crippen LogP contribution in [0.2, 0.25) is 0 Å². The summed E-state index contributed by atoms with van der Waals surface area (Å²) >= 11 is 5.46. The smallest absolute Gasteiger partial charge is 0.106 e. The average molecular weight is 276 g/mol. The summed E-state index contributed by atoms with van der Waals surface area (Å²) in [4.78, 5) is 3.18. The minimum absolute atomic E-state index is 0.234. The Bertz CT molecular complexity index is 456. The van der Waals surface area contributed by atoms with Gasteiger partial charge in [0.2, 0.25) is 0 Å². The molecule has 0 bridgehead atoms. The van der Waals surface area contributed by atoms with Gasteiger partial charge in [-0.15, -0.1) is 0 Å². The van der Waals surface area contributed by atoms with Crippen LogP contribution in [0.3, 0.4) is 0 Å². The van der Waals surface area contributed by atoms with Crippen molar-refractivity contribution in [3.63, 3.8) is 0 Å². The lowest BCUT2D eigenvalue weighted by molar-refractivity contribution is 0.290. The van der Waals surface area contributed by atoms with Gasteiger partial charge in [-0.3, -0.25) is 0 Å². The lowest BCUT2D eigenvalue weighted by Crippen LogP contribution is -2.47. The van der Waals surface area contributed by atoms with Crippen LogP contribution >= 0.6 is 12.2 Å². The third kappa shape index (κ3) is 2.98. The topological polar surface area (TPSA) is 15.3 Å². The lowest BCUT2D eigenvalue weighted by Gasteiger charge is -2.41. The van der Waals surface area contributed by atoms with Gasteiger partial charge in [-0.2, -0.15) is 0 Å². The Morgan fingerprint density at radius 3 is 2.68 bits per heavy atom. The first-order chi connectivity index (χ1) is 9.09. The summed E-state index contributed by atoms with van der Waals surface area (Å²) in [6.45, 7) is 4.36. The molecule has 2 nitrogen and oxygen atoms in total. The largest absolute Gasteiger partial charge is 0.375 e. The molecule has 0 aromatic heterocycles. The summed E-state index contributed by atoms with van der Waals surface area (Å²) < 4.78 is 0. The van der Waals surface area contributed by atoms with E-state index in [1.165, 1.54) is 30.4 Å². The highest BCUT2D eigenvalue weighted by atomic mass is 32.1. The monoisotopic (exact) mass is 276 g/mol. The lowest BCUT2D eigenvalue weighted by atomic mass is 9.70. The van der Waals surface area contributed by atoms with Gasteiger partial charge >= 0.3 is 0 Å². The van der Waals surface area contributed by atoms with Gasteiger partial charge in [-0.05, 0) is 39.0 Å². The summed E-state index contributed by atoms with van der Waals surface area (Å²) in [5.74, 6) is 0. The molecule has 1 aliphatic rings. The van der Waals surface area contributed by atoms with Crippen LogP contribution in [-0.4, -0.2) is 37.1 Å². The molecule has 1 heterocycles. The summed E-state index contributed by atoms with van der Waals surface area (Å²) in [5, 5.41) is 3.45. The zero-order valence-corrected chi connectivity index (χ0v) is 13.0. The summed E-state index contributed by atoms with van der Waals surface area (Å²) in [7, 11) is 4.29. The molecule has 0 saturated heterocycles. The number of nitrogens with one attached hydrogen (secondary N) is 1. The van der Waals surface area contributed by atoms with Gasteiger partial charge in [-0.25, -0.2) is 0 Å². The van der Waals surface area contributed by atoms with Crippen LogP contribution in [0.1, 0.15) is 37.3 Å². The second kappa shape index (κ2) is 6.02. The first kappa shape index (κ1) is 14.5. The fourth-order valence-electron chi connectivity index (χ4n) is 3.07. The van der Waals surface area contributed by atoms with Gasteiger partial charge in [0.15, 0.2) is 0 Å². The molecular weight excluding hydrogens is 252 g/mol. The zero-order valence-electron chi connectivity index (χ0n) is 12.2. The van der Waals surface area contributed by atoms with Gasteiger partial charge in [0, 0.05) is 17.5 Å². The predicted octanol–water partition coefficient (Wildman–Crippen LogP) is 2.95. The van der Waals surface area contributed by atoms with Gasteiger partial charge in [0.05, 0.1) is 0 Å². The second-order valence-corrected chi connectivity index (χ2v) is 6.22. The molecule has 0 radical (unpaired) electrons. The first-order valence-corrected chi connectivity index (χ1v) is 7.52. The van der Waals surface area contributed by atoms with E-state index in [9.17, 15) is 0 Å². The van der Waals surface area contributed by atoms with Crippen LogP contribution in [0, 0.1) is 0 Å². The van der Waals surface area contributed by atoms with E-state index in [-0.39, 0.29) is 5.41 Å². The van der Waals surface area contributed by atoms with Crippen molar-refractivity contribution in [2.24, 2.45) is 0 Å². The van der Waals surface area contributed by atoms with E-state index in [0.717, 1.165) is 18.1 Å². The molecule has 1 unspecified atom stereocenters. The van der Waals surface area contributed by atoms with Gasteiger partial charge in [-0.1, -0.05) is 49.8 Å². The number of hydrogen-bond acceptors (Lipinski definition) is 2. The number of hydrogen-bond donors (Lipinski definition) is 1. The van der Waals surface area contributed by atoms with Crippen LogP contribution in [0.5, 0.6) is 0 Å². The molecule has 2 rings (SSSR count). The van der Waals surface area contributed by atoms with Crippen molar-refractivity contribution in [3.05, 3.63) is 35.4 Å². The molecule has 1 aromatic carbocycles. The van der Waals surface area contributed by atoms with Crippen LogP contribution < -0.4 is 5.32 Å². The highest BCUT2D eigenvalue weighted by Gasteiger charge is 2.36. The summed E-state index contributed by atoms with van der Waals surface area (Å²) in [5.41, 5.74) is 2.91. The molecule has 1 N–H and O–H groups in total. The van der Waals surface area contributed by atoms with Crippen molar-refractivity contribution < 1.29 is 0 Å². The maximum Gasteiger partial charge on any atom is 0.106 e. The van der Waals surface area contributed by atoms with E-state index in [4.69, 9.17) is 12.2 Å². The van der Waals surface area contributed by atoms with Gasteiger partial charge in [0.1, 0.15) is 4.99 Å². The zero-order chi connectivity index (χ0) is 13.9. The normalized spacial score (nSPS) is 22.2. The number of nitrogens with zero attached hydrogens (tertiary/aromatic N) is 1. The van der Waals surface area contributed by atoms with Gasteiger partial charge in [0.25, 0.3) is 0 Å². The van der Waals surface area contributed by atoms with Crippen molar-refractivity contribution >= 4 is 17.2 Å².